The van der Waals surface area contributed by atoms with E-state index in [0.717, 1.165) is 12.3 Å². The van der Waals surface area contributed by atoms with Crippen molar-refractivity contribution in [2.45, 2.75) is 32.2 Å². The Balaban J connectivity index is 2.02. The second kappa shape index (κ2) is 8.23. The van der Waals surface area contributed by atoms with E-state index in [1.165, 1.54) is 44.4 Å². The van der Waals surface area contributed by atoms with E-state index >= 15 is 0 Å². The van der Waals surface area contributed by atoms with Crippen LogP contribution in [0.5, 0.6) is 0 Å². The Morgan fingerprint density at radius 1 is 1.09 bits per heavy atom. The number of nitrogens with zero attached hydrogens (tertiary/aromatic N) is 5. The third kappa shape index (κ3) is 4.46. The zero-order valence-corrected chi connectivity index (χ0v) is 18.0. The second-order valence-electron chi connectivity index (χ2n) is 7.78. The third-order valence-corrected chi connectivity index (χ3v) is 4.89. The van der Waals surface area contributed by atoms with E-state index < -0.39 is 35.4 Å². The normalized spacial score (nSPS) is 12.4. The maximum Gasteiger partial charge on any atom is 0.433 e. The number of benzene rings is 1. The molecule has 0 saturated heterocycles. The maximum absolute atomic E-state index is 14.7. The summed E-state index contributed by atoms with van der Waals surface area (Å²) < 4.78 is 62.8. The first kappa shape index (κ1) is 22.9. The minimum absolute atomic E-state index is 0.0270. The van der Waals surface area contributed by atoms with Crippen molar-refractivity contribution >= 4 is 11.6 Å². The fourth-order valence-corrected chi connectivity index (χ4v) is 3.59. The molecular weight excluding hydrogens is 466 g/mol. The van der Waals surface area contributed by atoms with Crippen LogP contribution in [-0.2, 0) is 12.7 Å². The van der Waals surface area contributed by atoms with Gasteiger partial charge < -0.3 is 9.63 Å². The zero-order valence-electron chi connectivity index (χ0n) is 17.2. The second-order valence-corrected chi connectivity index (χ2v) is 8.19. The number of hydrogen-bond donors (Lipinski definition) is 1. The Bertz CT molecular complexity index is 1280. The van der Waals surface area contributed by atoms with Gasteiger partial charge in [-0.15, -0.1) is 0 Å². The van der Waals surface area contributed by atoms with Crippen molar-refractivity contribution in [3.63, 3.8) is 0 Å². The molecule has 0 aliphatic carbocycles. The summed E-state index contributed by atoms with van der Waals surface area (Å²) in [5, 5.41) is 17.7. The summed E-state index contributed by atoms with van der Waals surface area (Å²) >= 11 is 6.17. The number of rotatable bonds is 5. The van der Waals surface area contributed by atoms with Gasteiger partial charge in [0.15, 0.2) is 17.3 Å². The van der Waals surface area contributed by atoms with Gasteiger partial charge in [-0.3, -0.25) is 4.68 Å². The van der Waals surface area contributed by atoms with Crippen LogP contribution >= 0.6 is 11.6 Å². The van der Waals surface area contributed by atoms with Crippen LogP contribution in [0.3, 0.4) is 0 Å². The topological polar surface area (TPSA) is 89.9 Å². The Hall–Kier alpha value is -3.31. The lowest BCUT2D eigenvalue weighted by Gasteiger charge is -2.20. The van der Waals surface area contributed by atoms with E-state index in [9.17, 15) is 22.7 Å². The van der Waals surface area contributed by atoms with Gasteiger partial charge in [0, 0.05) is 12.4 Å². The number of halogens is 5. The first-order chi connectivity index (χ1) is 15.5. The molecule has 0 spiro atoms. The van der Waals surface area contributed by atoms with Crippen molar-refractivity contribution in [3.05, 3.63) is 59.4 Å². The Labute approximate surface area is 189 Å². The molecule has 0 fully saturated rings. The summed E-state index contributed by atoms with van der Waals surface area (Å²) in [6.07, 6.45) is -1.19. The van der Waals surface area contributed by atoms with Gasteiger partial charge in [0.2, 0.25) is 0 Å². The standard InChI is InChI=1S/C21H16ClF4N5O2/c1-20(2,32)10-31-18(21(24,25)26)11(9-29-31)17-15(19-27-7-4-8-28-19)16(30-33-17)14-12(22)5-3-6-13(14)23/h3-9,32H,10H2,1-2H3. The molecule has 0 aliphatic heterocycles. The monoisotopic (exact) mass is 481 g/mol. The van der Waals surface area contributed by atoms with E-state index in [0.29, 0.717) is 4.68 Å². The van der Waals surface area contributed by atoms with Crippen molar-refractivity contribution < 1.29 is 27.2 Å². The molecule has 0 radical (unpaired) electrons. The van der Waals surface area contributed by atoms with Gasteiger partial charge in [-0.25, -0.2) is 14.4 Å². The number of aliphatic hydroxyl groups is 1. The molecule has 0 aliphatic rings. The molecule has 7 nitrogen and oxygen atoms in total. The van der Waals surface area contributed by atoms with Crippen molar-refractivity contribution in [2.24, 2.45) is 0 Å². The van der Waals surface area contributed by atoms with Crippen molar-refractivity contribution in [1.29, 1.82) is 0 Å². The molecule has 0 atom stereocenters. The van der Waals surface area contributed by atoms with Crippen LogP contribution in [-0.4, -0.2) is 35.6 Å². The number of aromatic nitrogens is 5. The highest BCUT2D eigenvalue weighted by Crippen LogP contribution is 2.45. The molecule has 4 aromatic rings. The highest BCUT2D eigenvalue weighted by molar-refractivity contribution is 6.33. The molecule has 4 rings (SSSR count). The average molecular weight is 482 g/mol. The SMILES string of the molecule is CC(C)(O)Cn1ncc(-c2onc(-c3c(F)cccc3Cl)c2-c2ncccn2)c1C(F)(F)F. The van der Waals surface area contributed by atoms with E-state index in [2.05, 4.69) is 20.2 Å². The van der Waals surface area contributed by atoms with E-state index in [1.807, 2.05) is 0 Å². The largest absolute Gasteiger partial charge is 0.433 e. The zero-order chi connectivity index (χ0) is 24.0. The van der Waals surface area contributed by atoms with Crippen LogP contribution in [0.1, 0.15) is 19.5 Å². The molecular formula is C21H16ClF4N5O2. The predicted octanol–water partition coefficient (Wildman–Crippen LogP) is 5.24. The molecule has 0 amide bonds. The number of hydrogen-bond acceptors (Lipinski definition) is 6. The van der Waals surface area contributed by atoms with Crippen molar-refractivity contribution in [3.8, 4) is 34.0 Å². The highest BCUT2D eigenvalue weighted by atomic mass is 35.5. The lowest BCUT2D eigenvalue weighted by Crippen LogP contribution is -2.29. The third-order valence-electron chi connectivity index (χ3n) is 4.57. The molecule has 1 aromatic carbocycles. The van der Waals surface area contributed by atoms with E-state index in [1.54, 1.807) is 0 Å². The number of alkyl halides is 3. The molecule has 1 N–H and O–H groups in total. The van der Waals surface area contributed by atoms with Gasteiger partial charge in [0.1, 0.15) is 11.5 Å². The molecule has 12 heteroatoms. The van der Waals surface area contributed by atoms with Gasteiger partial charge in [0.05, 0.1) is 40.1 Å². The smallest absolute Gasteiger partial charge is 0.389 e. The molecule has 0 saturated carbocycles. The summed E-state index contributed by atoms with van der Waals surface area (Å²) in [5.74, 6) is -1.18. The van der Waals surface area contributed by atoms with E-state index in [4.69, 9.17) is 16.1 Å². The van der Waals surface area contributed by atoms with Gasteiger partial charge >= 0.3 is 6.18 Å². The van der Waals surface area contributed by atoms with Crippen LogP contribution in [0.4, 0.5) is 17.6 Å². The van der Waals surface area contributed by atoms with Crippen LogP contribution < -0.4 is 0 Å². The minimum atomic E-state index is -4.87. The summed E-state index contributed by atoms with van der Waals surface area (Å²) in [4.78, 5) is 8.17. The summed E-state index contributed by atoms with van der Waals surface area (Å²) in [6.45, 7) is 2.26. The summed E-state index contributed by atoms with van der Waals surface area (Å²) in [6, 6.07) is 5.43. The van der Waals surface area contributed by atoms with Crippen LogP contribution in [0.25, 0.3) is 34.0 Å². The molecule has 3 aromatic heterocycles. The summed E-state index contributed by atoms with van der Waals surface area (Å²) in [5.41, 5.74) is -3.56. The van der Waals surface area contributed by atoms with Gasteiger partial charge in [0.25, 0.3) is 0 Å². The van der Waals surface area contributed by atoms with Crippen LogP contribution in [0.2, 0.25) is 5.02 Å². The molecule has 172 valence electrons. The van der Waals surface area contributed by atoms with Crippen LogP contribution in [0, 0.1) is 5.82 Å². The van der Waals surface area contributed by atoms with Gasteiger partial charge in [-0.2, -0.15) is 18.3 Å². The fourth-order valence-electron chi connectivity index (χ4n) is 3.34. The molecule has 3 heterocycles. The average Bonchev–Trinajstić information content (AvgIpc) is 3.31. The lowest BCUT2D eigenvalue weighted by molar-refractivity contribution is -0.144. The molecule has 0 unspecified atom stereocenters. The van der Waals surface area contributed by atoms with Crippen LogP contribution in [0.15, 0.2) is 47.4 Å². The van der Waals surface area contributed by atoms with Gasteiger partial charge in [-0.1, -0.05) is 22.8 Å². The lowest BCUT2D eigenvalue weighted by atomic mass is 10.0. The first-order valence-corrected chi connectivity index (χ1v) is 9.92. The molecule has 0 bridgehead atoms. The predicted molar refractivity (Wildman–Crippen MR) is 110 cm³/mol. The Morgan fingerprint density at radius 2 is 1.79 bits per heavy atom. The maximum atomic E-state index is 14.7. The minimum Gasteiger partial charge on any atom is -0.389 e. The summed E-state index contributed by atoms with van der Waals surface area (Å²) in [7, 11) is 0. The van der Waals surface area contributed by atoms with Crippen molar-refractivity contribution in [1.82, 2.24) is 24.9 Å². The first-order valence-electron chi connectivity index (χ1n) is 9.54. The Morgan fingerprint density at radius 3 is 2.39 bits per heavy atom. The highest BCUT2D eigenvalue weighted by Gasteiger charge is 2.42. The fraction of sp³-hybridized carbons (Fsp3) is 0.238. The molecule has 33 heavy (non-hydrogen) atoms. The van der Waals surface area contributed by atoms with Gasteiger partial charge in [-0.05, 0) is 32.0 Å². The van der Waals surface area contributed by atoms with E-state index in [-0.39, 0.29) is 33.4 Å². The quantitative estimate of drug-likeness (QED) is 0.392. The Kier molecular flexibility index (Phi) is 5.71. The van der Waals surface area contributed by atoms with Crippen molar-refractivity contribution in [2.75, 3.05) is 0 Å².